The lowest BCUT2D eigenvalue weighted by atomic mass is 10.2. The molecule has 8 heteroatoms. The number of aryl methyl sites for hydroxylation is 1. The molecular formula is C18H13Cl3N2O3. The average Bonchev–Trinajstić information content (AvgIpc) is 2.94. The average molecular weight is 412 g/mol. The molecule has 0 saturated carbocycles. The standard InChI is InChI=1S/C18H13Cl3N2O3/c1-10-16(9-25-15-4-2-11(19)3-5-15)17(23-26-10)18(24)22-14-7-12(20)6-13(21)8-14/h2-8H,9H2,1H3,(H,22,24). The molecule has 0 bridgehead atoms. The zero-order chi connectivity index (χ0) is 18.7. The van der Waals surface area contributed by atoms with Crippen LogP contribution in [-0.2, 0) is 6.61 Å². The summed E-state index contributed by atoms with van der Waals surface area (Å²) in [5.41, 5.74) is 1.14. The Hall–Kier alpha value is -2.21. The van der Waals surface area contributed by atoms with Crippen LogP contribution in [0, 0.1) is 6.92 Å². The summed E-state index contributed by atoms with van der Waals surface area (Å²) in [5, 5.41) is 7.96. The highest BCUT2D eigenvalue weighted by Gasteiger charge is 2.21. The van der Waals surface area contributed by atoms with E-state index in [4.69, 9.17) is 44.1 Å². The van der Waals surface area contributed by atoms with E-state index in [0.717, 1.165) is 0 Å². The number of nitrogens with zero attached hydrogens (tertiary/aromatic N) is 1. The Balaban J connectivity index is 1.75. The van der Waals surface area contributed by atoms with Gasteiger partial charge < -0.3 is 14.6 Å². The van der Waals surface area contributed by atoms with Gasteiger partial charge in [0.15, 0.2) is 5.69 Å². The Labute approximate surface area is 164 Å². The Morgan fingerprint density at radius 3 is 2.38 bits per heavy atom. The van der Waals surface area contributed by atoms with E-state index in [9.17, 15) is 4.79 Å². The van der Waals surface area contributed by atoms with Gasteiger partial charge in [0.1, 0.15) is 18.1 Å². The maximum atomic E-state index is 12.5. The van der Waals surface area contributed by atoms with Gasteiger partial charge in [0.25, 0.3) is 5.91 Å². The number of hydrogen-bond acceptors (Lipinski definition) is 4. The molecule has 0 radical (unpaired) electrons. The number of ether oxygens (including phenoxy) is 1. The summed E-state index contributed by atoms with van der Waals surface area (Å²) in [6.07, 6.45) is 0. The summed E-state index contributed by atoms with van der Waals surface area (Å²) >= 11 is 17.7. The van der Waals surface area contributed by atoms with Crippen LogP contribution in [0.3, 0.4) is 0 Å². The first-order chi connectivity index (χ1) is 12.4. The Morgan fingerprint density at radius 2 is 1.73 bits per heavy atom. The zero-order valence-electron chi connectivity index (χ0n) is 13.6. The summed E-state index contributed by atoms with van der Waals surface area (Å²) < 4.78 is 10.8. The molecule has 5 nitrogen and oxygen atoms in total. The van der Waals surface area contributed by atoms with Crippen molar-refractivity contribution in [2.75, 3.05) is 5.32 Å². The topological polar surface area (TPSA) is 64.4 Å². The van der Waals surface area contributed by atoms with Crippen molar-refractivity contribution >= 4 is 46.4 Å². The van der Waals surface area contributed by atoms with Crippen LogP contribution in [0.1, 0.15) is 21.8 Å². The predicted octanol–water partition coefficient (Wildman–Crippen LogP) is 5.77. The van der Waals surface area contributed by atoms with E-state index in [1.165, 1.54) is 0 Å². The summed E-state index contributed by atoms with van der Waals surface area (Å²) in [6.45, 7) is 1.83. The van der Waals surface area contributed by atoms with Crippen LogP contribution in [0.4, 0.5) is 5.69 Å². The van der Waals surface area contributed by atoms with Gasteiger partial charge >= 0.3 is 0 Å². The van der Waals surface area contributed by atoms with Crippen molar-refractivity contribution in [2.45, 2.75) is 13.5 Å². The normalized spacial score (nSPS) is 10.6. The van der Waals surface area contributed by atoms with Crippen LogP contribution in [0.5, 0.6) is 5.75 Å². The lowest BCUT2D eigenvalue weighted by Gasteiger charge is -2.08. The highest BCUT2D eigenvalue weighted by atomic mass is 35.5. The molecule has 3 aromatic rings. The number of aromatic nitrogens is 1. The van der Waals surface area contributed by atoms with E-state index < -0.39 is 5.91 Å². The first-order valence-electron chi connectivity index (χ1n) is 7.53. The van der Waals surface area contributed by atoms with Crippen LogP contribution in [0.15, 0.2) is 47.0 Å². The molecule has 0 aliphatic carbocycles. The Morgan fingerprint density at radius 1 is 1.08 bits per heavy atom. The molecule has 1 N–H and O–H groups in total. The van der Waals surface area contributed by atoms with Crippen molar-refractivity contribution in [3.05, 3.63) is 74.6 Å². The molecule has 3 rings (SSSR count). The van der Waals surface area contributed by atoms with Crippen LogP contribution < -0.4 is 10.1 Å². The molecule has 0 spiro atoms. The van der Waals surface area contributed by atoms with Crippen LogP contribution >= 0.6 is 34.8 Å². The molecule has 0 unspecified atom stereocenters. The van der Waals surface area contributed by atoms with Gasteiger partial charge in [-0.1, -0.05) is 40.0 Å². The summed E-state index contributed by atoms with van der Waals surface area (Å²) in [5.74, 6) is 0.658. The van der Waals surface area contributed by atoms with E-state index in [-0.39, 0.29) is 12.3 Å². The fraction of sp³-hybridized carbons (Fsp3) is 0.111. The lowest BCUT2D eigenvalue weighted by Crippen LogP contribution is -2.15. The van der Waals surface area contributed by atoms with Crippen LogP contribution in [-0.4, -0.2) is 11.1 Å². The van der Waals surface area contributed by atoms with Gasteiger partial charge in [-0.3, -0.25) is 4.79 Å². The molecule has 0 fully saturated rings. The Bertz CT molecular complexity index is 919. The van der Waals surface area contributed by atoms with Gasteiger partial charge in [0.2, 0.25) is 0 Å². The first kappa shape index (κ1) is 18.6. The number of hydrogen-bond donors (Lipinski definition) is 1. The number of carbonyl (C=O) groups excluding carboxylic acids is 1. The molecular weight excluding hydrogens is 399 g/mol. The van der Waals surface area contributed by atoms with E-state index in [2.05, 4.69) is 10.5 Å². The minimum Gasteiger partial charge on any atom is -0.489 e. The third-order valence-corrected chi connectivity index (χ3v) is 4.21. The molecule has 0 saturated heterocycles. The van der Waals surface area contributed by atoms with Crippen molar-refractivity contribution in [3.63, 3.8) is 0 Å². The number of nitrogens with one attached hydrogen (secondary N) is 1. The summed E-state index contributed by atoms with van der Waals surface area (Å²) in [7, 11) is 0. The second-order valence-corrected chi connectivity index (χ2v) is 6.73. The SMILES string of the molecule is Cc1onc(C(=O)Nc2cc(Cl)cc(Cl)c2)c1COc1ccc(Cl)cc1. The first-order valence-corrected chi connectivity index (χ1v) is 8.67. The van der Waals surface area contributed by atoms with E-state index in [1.54, 1.807) is 49.4 Å². The van der Waals surface area contributed by atoms with Gasteiger partial charge in [-0.25, -0.2) is 0 Å². The molecule has 2 aromatic carbocycles. The number of halogens is 3. The summed E-state index contributed by atoms with van der Waals surface area (Å²) in [6, 6.07) is 11.6. The molecule has 134 valence electrons. The van der Waals surface area contributed by atoms with Crippen LogP contribution in [0.25, 0.3) is 0 Å². The van der Waals surface area contributed by atoms with Crippen LogP contribution in [0.2, 0.25) is 15.1 Å². The highest BCUT2D eigenvalue weighted by Crippen LogP contribution is 2.24. The van der Waals surface area contributed by atoms with Crippen molar-refractivity contribution in [1.29, 1.82) is 0 Å². The fourth-order valence-electron chi connectivity index (χ4n) is 2.24. The number of amides is 1. The molecule has 0 atom stereocenters. The van der Waals surface area contributed by atoms with Gasteiger partial charge in [-0.05, 0) is 49.4 Å². The number of anilines is 1. The van der Waals surface area contributed by atoms with Gasteiger partial charge in [0, 0.05) is 20.8 Å². The zero-order valence-corrected chi connectivity index (χ0v) is 15.8. The van der Waals surface area contributed by atoms with E-state index in [0.29, 0.717) is 37.8 Å². The number of benzene rings is 2. The second-order valence-electron chi connectivity index (χ2n) is 5.42. The molecule has 0 aliphatic heterocycles. The maximum Gasteiger partial charge on any atom is 0.278 e. The molecule has 1 amide bonds. The van der Waals surface area contributed by atoms with Crippen molar-refractivity contribution in [3.8, 4) is 5.75 Å². The largest absolute Gasteiger partial charge is 0.489 e. The highest BCUT2D eigenvalue weighted by molar-refractivity contribution is 6.35. The minimum absolute atomic E-state index is 0.121. The third kappa shape index (κ3) is 4.49. The van der Waals surface area contributed by atoms with Crippen molar-refractivity contribution in [1.82, 2.24) is 5.16 Å². The van der Waals surface area contributed by atoms with E-state index in [1.807, 2.05) is 0 Å². The quantitative estimate of drug-likeness (QED) is 0.578. The van der Waals surface area contributed by atoms with Gasteiger partial charge in [-0.2, -0.15) is 0 Å². The predicted molar refractivity (Wildman–Crippen MR) is 101 cm³/mol. The fourth-order valence-corrected chi connectivity index (χ4v) is 2.89. The smallest absolute Gasteiger partial charge is 0.278 e. The molecule has 1 heterocycles. The van der Waals surface area contributed by atoms with Gasteiger partial charge in [0.05, 0.1) is 5.56 Å². The second kappa shape index (κ2) is 7.99. The number of rotatable bonds is 5. The Kier molecular flexibility index (Phi) is 5.71. The summed E-state index contributed by atoms with van der Waals surface area (Å²) in [4.78, 5) is 12.5. The van der Waals surface area contributed by atoms with Crippen molar-refractivity contribution < 1.29 is 14.1 Å². The maximum absolute atomic E-state index is 12.5. The van der Waals surface area contributed by atoms with E-state index >= 15 is 0 Å². The minimum atomic E-state index is -0.449. The van der Waals surface area contributed by atoms with Crippen molar-refractivity contribution in [2.24, 2.45) is 0 Å². The third-order valence-electron chi connectivity index (χ3n) is 3.52. The molecule has 0 aliphatic rings. The number of carbonyl (C=O) groups is 1. The molecule has 26 heavy (non-hydrogen) atoms. The molecule has 1 aromatic heterocycles. The lowest BCUT2D eigenvalue weighted by molar-refractivity contribution is 0.101. The monoisotopic (exact) mass is 410 g/mol. The van der Waals surface area contributed by atoms with Gasteiger partial charge in [-0.15, -0.1) is 0 Å².